The van der Waals surface area contributed by atoms with Gasteiger partial charge in [0.1, 0.15) is 0 Å². The van der Waals surface area contributed by atoms with Crippen LogP contribution in [0.15, 0.2) is 48.5 Å². The number of rotatable bonds is 6. The van der Waals surface area contributed by atoms with E-state index in [1.54, 1.807) is 17.0 Å². The Hall–Kier alpha value is -2.66. The lowest BCUT2D eigenvalue weighted by Crippen LogP contribution is -2.25. The second kappa shape index (κ2) is 8.57. The summed E-state index contributed by atoms with van der Waals surface area (Å²) in [4.78, 5) is 28.6. The van der Waals surface area contributed by atoms with E-state index in [2.05, 4.69) is 34.5 Å². The second-order valence-corrected chi connectivity index (χ2v) is 7.68. The van der Waals surface area contributed by atoms with Crippen molar-refractivity contribution in [1.29, 1.82) is 0 Å². The number of anilines is 1. The molecular formula is C23H27N3O2. The van der Waals surface area contributed by atoms with Crippen LogP contribution in [0.5, 0.6) is 0 Å². The standard InChI is InChI=1S/C23H27N3O2/c27-22-7-4-14-26(22)21-10-8-20(9-11-21)23(28)24-16-18-5-3-6-19(15-18)17-25-12-1-2-13-25/h3,5-6,8-11,15H,1-2,4,7,12-14,16-17H2,(H,24,28). The van der Waals surface area contributed by atoms with Crippen LogP contribution in [-0.2, 0) is 17.9 Å². The average molecular weight is 377 g/mol. The fraction of sp³-hybridized carbons (Fsp3) is 0.391. The zero-order valence-corrected chi connectivity index (χ0v) is 16.2. The van der Waals surface area contributed by atoms with E-state index >= 15 is 0 Å². The number of hydrogen-bond donors (Lipinski definition) is 1. The zero-order chi connectivity index (χ0) is 19.3. The number of likely N-dealkylation sites (tertiary alicyclic amines) is 1. The molecule has 4 rings (SSSR count). The average Bonchev–Trinajstić information content (AvgIpc) is 3.38. The molecule has 2 heterocycles. The van der Waals surface area contributed by atoms with Gasteiger partial charge in [0.2, 0.25) is 5.91 Å². The third-order valence-corrected chi connectivity index (χ3v) is 5.56. The highest BCUT2D eigenvalue weighted by atomic mass is 16.2. The molecule has 146 valence electrons. The maximum absolute atomic E-state index is 12.5. The third-order valence-electron chi connectivity index (χ3n) is 5.56. The Morgan fingerprint density at radius 1 is 0.929 bits per heavy atom. The maximum Gasteiger partial charge on any atom is 0.251 e. The van der Waals surface area contributed by atoms with Crippen LogP contribution in [0.1, 0.15) is 47.2 Å². The molecule has 2 aliphatic rings. The second-order valence-electron chi connectivity index (χ2n) is 7.68. The minimum atomic E-state index is -0.0933. The quantitative estimate of drug-likeness (QED) is 0.840. The molecule has 0 unspecified atom stereocenters. The van der Waals surface area contributed by atoms with E-state index in [-0.39, 0.29) is 11.8 Å². The van der Waals surface area contributed by atoms with E-state index in [9.17, 15) is 9.59 Å². The fourth-order valence-electron chi connectivity index (χ4n) is 4.04. The Balaban J connectivity index is 1.33. The van der Waals surface area contributed by atoms with Gasteiger partial charge in [-0.3, -0.25) is 14.5 Å². The van der Waals surface area contributed by atoms with Gasteiger partial charge in [-0.15, -0.1) is 0 Å². The van der Waals surface area contributed by atoms with Crippen molar-refractivity contribution in [2.24, 2.45) is 0 Å². The van der Waals surface area contributed by atoms with Gasteiger partial charge in [0.05, 0.1) is 0 Å². The van der Waals surface area contributed by atoms with Gasteiger partial charge in [-0.25, -0.2) is 0 Å². The maximum atomic E-state index is 12.5. The lowest BCUT2D eigenvalue weighted by Gasteiger charge is -2.16. The zero-order valence-electron chi connectivity index (χ0n) is 16.2. The molecule has 1 N–H and O–H groups in total. The smallest absolute Gasteiger partial charge is 0.251 e. The lowest BCUT2D eigenvalue weighted by molar-refractivity contribution is -0.117. The molecular weight excluding hydrogens is 350 g/mol. The van der Waals surface area contributed by atoms with E-state index < -0.39 is 0 Å². The molecule has 0 radical (unpaired) electrons. The molecule has 0 atom stereocenters. The van der Waals surface area contributed by atoms with Crippen LogP contribution in [-0.4, -0.2) is 36.3 Å². The van der Waals surface area contributed by atoms with Crippen molar-refractivity contribution in [3.8, 4) is 0 Å². The molecule has 2 aromatic carbocycles. The number of nitrogens with zero attached hydrogens (tertiary/aromatic N) is 2. The Morgan fingerprint density at radius 3 is 2.39 bits per heavy atom. The van der Waals surface area contributed by atoms with Gasteiger partial charge in [0.25, 0.3) is 5.91 Å². The minimum absolute atomic E-state index is 0.0933. The lowest BCUT2D eigenvalue weighted by atomic mass is 10.1. The molecule has 2 saturated heterocycles. The molecule has 0 spiro atoms. The third kappa shape index (κ3) is 4.42. The first kappa shape index (κ1) is 18.7. The van der Waals surface area contributed by atoms with Gasteiger partial charge < -0.3 is 10.2 Å². The molecule has 0 aromatic heterocycles. The summed E-state index contributed by atoms with van der Waals surface area (Å²) >= 11 is 0. The first-order valence-electron chi connectivity index (χ1n) is 10.2. The number of benzene rings is 2. The summed E-state index contributed by atoms with van der Waals surface area (Å²) in [5, 5.41) is 3.00. The normalized spacial score (nSPS) is 17.3. The Bertz CT molecular complexity index is 841. The van der Waals surface area contributed by atoms with E-state index in [0.717, 1.165) is 30.8 Å². The van der Waals surface area contributed by atoms with Crippen molar-refractivity contribution in [3.05, 3.63) is 65.2 Å². The van der Waals surface area contributed by atoms with Crippen LogP contribution in [0, 0.1) is 0 Å². The van der Waals surface area contributed by atoms with Gasteiger partial charge >= 0.3 is 0 Å². The molecule has 2 aromatic rings. The first-order chi connectivity index (χ1) is 13.7. The van der Waals surface area contributed by atoms with E-state index in [4.69, 9.17) is 0 Å². The predicted octanol–water partition coefficient (Wildman–Crippen LogP) is 3.34. The van der Waals surface area contributed by atoms with Crippen molar-refractivity contribution in [2.75, 3.05) is 24.5 Å². The highest BCUT2D eigenvalue weighted by molar-refractivity contribution is 5.97. The Labute approximate surface area is 166 Å². The van der Waals surface area contributed by atoms with E-state index in [1.807, 2.05) is 12.1 Å². The summed E-state index contributed by atoms with van der Waals surface area (Å²) in [5.74, 6) is 0.0651. The van der Waals surface area contributed by atoms with Crippen molar-refractivity contribution in [3.63, 3.8) is 0 Å². The fourth-order valence-corrected chi connectivity index (χ4v) is 4.04. The Morgan fingerprint density at radius 2 is 1.68 bits per heavy atom. The predicted molar refractivity (Wildman–Crippen MR) is 110 cm³/mol. The van der Waals surface area contributed by atoms with Crippen molar-refractivity contribution < 1.29 is 9.59 Å². The van der Waals surface area contributed by atoms with Crippen LogP contribution in [0.4, 0.5) is 5.69 Å². The summed E-state index contributed by atoms with van der Waals surface area (Å²) < 4.78 is 0. The van der Waals surface area contributed by atoms with Gasteiger partial charge in [0, 0.05) is 37.3 Å². The topological polar surface area (TPSA) is 52.7 Å². The van der Waals surface area contributed by atoms with Gasteiger partial charge in [-0.1, -0.05) is 24.3 Å². The minimum Gasteiger partial charge on any atom is -0.348 e. The number of nitrogens with one attached hydrogen (secondary N) is 1. The molecule has 28 heavy (non-hydrogen) atoms. The van der Waals surface area contributed by atoms with E-state index in [1.165, 1.54) is 31.5 Å². The van der Waals surface area contributed by atoms with Crippen LogP contribution in [0.3, 0.4) is 0 Å². The summed E-state index contributed by atoms with van der Waals surface area (Å²) in [6.07, 6.45) is 4.10. The van der Waals surface area contributed by atoms with Crippen LogP contribution < -0.4 is 10.2 Å². The molecule has 5 heteroatoms. The van der Waals surface area contributed by atoms with Crippen LogP contribution in [0.25, 0.3) is 0 Å². The highest BCUT2D eigenvalue weighted by Gasteiger charge is 2.21. The van der Waals surface area contributed by atoms with Crippen LogP contribution >= 0.6 is 0 Å². The molecule has 0 saturated carbocycles. The number of carbonyl (C=O) groups excluding carboxylic acids is 2. The molecule has 0 bridgehead atoms. The molecule has 2 aliphatic heterocycles. The van der Waals surface area contributed by atoms with Crippen molar-refractivity contribution >= 4 is 17.5 Å². The number of carbonyl (C=O) groups is 2. The van der Waals surface area contributed by atoms with Gasteiger partial charge in [-0.2, -0.15) is 0 Å². The van der Waals surface area contributed by atoms with Crippen molar-refractivity contribution in [1.82, 2.24) is 10.2 Å². The summed E-state index contributed by atoms with van der Waals surface area (Å²) in [6.45, 7) is 4.62. The SMILES string of the molecule is O=C(NCc1cccc(CN2CCCC2)c1)c1ccc(N2CCCC2=O)cc1. The number of amides is 2. The first-order valence-corrected chi connectivity index (χ1v) is 10.2. The molecule has 5 nitrogen and oxygen atoms in total. The monoisotopic (exact) mass is 377 g/mol. The molecule has 2 amide bonds. The van der Waals surface area contributed by atoms with Crippen LogP contribution in [0.2, 0.25) is 0 Å². The molecule has 2 fully saturated rings. The van der Waals surface area contributed by atoms with Gasteiger partial charge in [-0.05, 0) is 67.7 Å². The van der Waals surface area contributed by atoms with E-state index in [0.29, 0.717) is 18.5 Å². The summed E-state index contributed by atoms with van der Waals surface area (Å²) in [5.41, 5.74) is 3.90. The molecule has 0 aliphatic carbocycles. The largest absolute Gasteiger partial charge is 0.348 e. The highest BCUT2D eigenvalue weighted by Crippen LogP contribution is 2.21. The Kier molecular flexibility index (Phi) is 5.72. The van der Waals surface area contributed by atoms with Gasteiger partial charge in [0.15, 0.2) is 0 Å². The summed E-state index contributed by atoms with van der Waals surface area (Å²) in [7, 11) is 0. The summed E-state index contributed by atoms with van der Waals surface area (Å²) in [6, 6.07) is 15.7. The number of hydrogen-bond acceptors (Lipinski definition) is 3. The van der Waals surface area contributed by atoms with Crippen molar-refractivity contribution in [2.45, 2.75) is 38.8 Å².